The van der Waals surface area contributed by atoms with E-state index in [0.29, 0.717) is 24.0 Å². The van der Waals surface area contributed by atoms with Gasteiger partial charge in [0.15, 0.2) is 5.78 Å². The van der Waals surface area contributed by atoms with Gasteiger partial charge >= 0.3 is 6.18 Å². The third-order valence-corrected chi connectivity index (χ3v) is 3.36. The van der Waals surface area contributed by atoms with E-state index in [-0.39, 0.29) is 17.7 Å². The number of halogens is 4. The molecule has 0 aromatic heterocycles. The highest BCUT2D eigenvalue weighted by Gasteiger charge is 2.35. The number of hydrogen-bond acceptors (Lipinski definition) is 1. The summed E-state index contributed by atoms with van der Waals surface area (Å²) in [4.78, 5) is 11.3. The fourth-order valence-electron chi connectivity index (χ4n) is 1.72. The van der Waals surface area contributed by atoms with E-state index in [2.05, 4.69) is 15.9 Å². The maximum absolute atomic E-state index is 12.5. The summed E-state index contributed by atoms with van der Waals surface area (Å²) in [5.41, 5.74) is 0.181. The van der Waals surface area contributed by atoms with Crippen LogP contribution in [0.25, 0.3) is 0 Å². The van der Waals surface area contributed by atoms with Crippen LogP contribution in [-0.2, 0) is 12.6 Å². The molecule has 0 spiro atoms. The molecule has 0 saturated heterocycles. The minimum atomic E-state index is -4.38. The van der Waals surface area contributed by atoms with Crippen molar-refractivity contribution in [3.05, 3.63) is 33.3 Å². The average molecular weight is 295 g/mol. The van der Waals surface area contributed by atoms with Crippen molar-refractivity contribution < 1.29 is 18.0 Å². The van der Waals surface area contributed by atoms with E-state index in [1.165, 1.54) is 6.07 Å². The van der Waals surface area contributed by atoms with Crippen LogP contribution >= 0.6 is 15.9 Å². The van der Waals surface area contributed by atoms with E-state index < -0.39 is 11.7 Å². The maximum Gasteiger partial charge on any atom is 0.417 e. The molecule has 0 unspecified atom stereocenters. The smallest absolute Gasteiger partial charge is 0.294 e. The summed E-state index contributed by atoms with van der Waals surface area (Å²) in [5.74, 6) is -0.0839. The number of hydrogen-bond donors (Lipinski definition) is 0. The van der Waals surface area contributed by atoms with Crippen LogP contribution in [0.2, 0.25) is 0 Å². The Morgan fingerprint density at radius 2 is 1.81 bits per heavy atom. The molecule has 0 radical (unpaired) electrons. The number of carbonyl (C=O) groups excluding carboxylic acids is 1. The molecule has 16 heavy (non-hydrogen) atoms. The number of fused-ring (bicyclic) bond motifs is 1. The van der Waals surface area contributed by atoms with Crippen LogP contribution in [0.3, 0.4) is 0 Å². The fraction of sp³-hybridized carbons (Fsp3) is 0.364. The van der Waals surface area contributed by atoms with Crippen molar-refractivity contribution in [2.75, 3.05) is 0 Å². The first-order valence-electron chi connectivity index (χ1n) is 4.33. The molecule has 5 heteroatoms. The Hall–Kier alpha value is -0.840. The van der Waals surface area contributed by atoms with Crippen molar-refractivity contribution in [3.8, 4) is 0 Å². The van der Waals surface area contributed by atoms with E-state index in [1.54, 1.807) is 0 Å². The molecule has 2 rings (SSSR count). The highest BCUT2D eigenvalue weighted by Crippen LogP contribution is 2.40. The molecule has 0 saturated carbocycles. The van der Waals surface area contributed by atoms with Crippen molar-refractivity contribution in [3.63, 3.8) is 0 Å². The van der Waals surface area contributed by atoms with Crippen molar-refractivity contribution in [2.24, 2.45) is 0 Å². The summed E-state index contributed by atoms with van der Waals surface area (Å²) in [6.45, 7) is 0. The van der Waals surface area contributed by atoms with E-state index in [9.17, 15) is 18.0 Å². The van der Waals surface area contributed by atoms with Gasteiger partial charge in [0.1, 0.15) is 0 Å². The van der Waals surface area contributed by atoms with Gasteiger partial charge in [-0.15, -0.1) is 0 Å². The Kier molecular flexibility index (Phi) is 3.47. The molecule has 1 aromatic carbocycles. The monoisotopic (exact) mass is 294 g/mol. The number of Topliss-reactive ketones (excluding diaryl/α,β-unsaturated/α-hetero) is 1. The van der Waals surface area contributed by atoms with Gasteiger partial charge in [-0.05, 0) is 34.0 Å². The van der Waals surface area contributed by atoms with Crippen LogP contribution < -0.4 is 0 Å². The Morgan fingerprint density at radius 3 is 2.38 bits per heavy atom. The van der Waals surface area contributed by atoms with Gasteiger partial charge in [-0.3, -0.25) is 4.79 Å². The lowest BCUT2D eigenvalue weighted by molar-refractivity contribution is -0.138. The summed E-state index contributed by atoms with van der Waals surface area (Å²) in [5, 5.41) is 0. The molecule has 0 amide bonds. The molecule has 0 N–H and O–H groups in total. The fourth-order valence-corrected chi connectivity index (χ4v) is 2.49. The largest absolute Gasteiger partial charge is 0.417 e. The van der Waals surface area contributed by atoms with E-state index in [1.807, 2.05) is 0 Å². The van der Waals surface area contributed by atoms with Gasteiger partial charge in [-0.25, -0.2) is 0 Å². The van der Waals surface area contributed by atoms with Gasteiger partial charge in [0.25, 0.3) is 0 Å². The first-order valence-corrected chi connectivity index (χ1v) is 5.12. The van der Waals surface area contributed by atoms with E-state index in [0.717, 1.165) is 6.07 Å². The average Bonchev–Trinajstić information content (AvgIpc) is 2.47. The predicted octanol–water partition coefficient (Wildman–Crippen LogP) is 4.23. The van der Waals surface area contributed by atoms with E-state index in [4.69, 9.17) is 0 Å². The second kappa shape index (κ2) is 4.20. The summed E-state index contributed by atoms with van der Waals surface area (Å²) in [7, 11) is 0. The first-order chi connectivity index (χ1) is 6.91. The molecule has 1 aliphatic rings. The number of carbonyl (C=O) groups is 1. The molecular formula is C11H10BrF3O. The Labute approximate surface area is 99.8 Å². The van der Waals surface area contributed by atoms with E-state index >= 15 is 0 Å². The van der Waals surface area contributed by atoms with Crippen molar-refractivity contribution in [1.29, 1.82) is 0 Å². The second-order valence-electron chi connectivity index (χ2n) is 3.37. The van der Waals surface area contributed by atoms with Crippen molar-refractivity contribution in [2.45, 2.75) is 26.4 Å². The topological polar surface area (TPSA) is 17.1 Å². The Bertz CT molecular complexity index is 438. The summed E-state index contributed by atoms with van der Waals surface area (Å²) in [6, 6.07) is 2.21. The third kappa shape index (κ3) is 2.00. The number of ketones is 1. The molecule has 1 aliphatic carbocycles. The summed E-state index contributed by atoms with van der Waals surface area (Å²) >= 11 is 2.92. The predicted molar refractivity (Wildman–Crippen MR) is 58.5 cm³/mol. The van der Waals surface area contributed by atoms with Crippen LogP contribution in [-0.4, -0.2) is 5.78 Å². The third-order valence-electron chi connectivity index (χ3n) is 2.45. The maximum atomic E-state index is 12.5. The minimum absolute atomic E-state index is 0. The quantitative estimate of drug-likeness (QED) is 0.700. The van der Waals surface area contributed by atoms with Gasteiger partial charge in [-0.2, -0.15) is 13.2 Å². The Morgan fingerprint density at radius 1 is 1.19 bits per heavy atom. The first kappa shape index (κ1) is 13.2. The van der Waals surface area contributed by atoms with Crippen LogP contribution in [0.4, 0.5) is 13.2 Å². The van der Waals surface area contributed by atoms with Gasteiger partial charge in [-0.1, -0.05) is 13.5 Å². The molecule has 1 nitrogen and oxygen atoms in total. The standard InChI is InChI=1S/C10H6BrF3O.CH4/c11-9-6-2-4-8(15)5(6)1-3-7(9)10(12,13)14;/h1,3H,2,4H2;1H4. The summed E-state index contributed by atoms with van der Waals surface area (Å²) in [6.07, 6.45) is -3.69. The zero-order valence-electron chi connectivity index (χ0n) is 7.49. The molecule has 0 fully saturated rings. The lowest BCUT2D eigenvalue weighted by Crippen LogP contribution is -2.07. The minimum Gasteiger partial charge on any atom is -0.294 e. The van der Waals surface area contributed by atoms with Crippen LogP contribution in [0, 0.1) is 0 Å². The van der Waals surface area contributed by atoms with Crippen molar-refractivity contribution >= 4 is 21.7 Å². The van der Waals surface area contributed by atoms with Crippen molar-refractivity contribution in [1.82, 2.24) is 0 Å². The molecule has 0 heterocycles. The number of benzene rings is 1. The van der Waals surface area contributed by atoms with Crippen LogP contribution in [0.1, 0.15) is 35.3 Å². The number of rotatable bonds is 0. The summed E-state index contributed by atoms with van der Waals surface area (Å²) < 4.78 is 37.5. The lowest BCUT2D eigenvalue weighted by atomic mass is 10.1. The zero-order valence-corrected chi connectivity index (χ0v) is 9.08. The Balaban J connectivity index is 0.00000128. The highest BCUT2D eigenvalue weighted by atomic mass is 79.9. The normalized spacial score (nSPS) is 14.6. The van der Waals surface area contributed by atoms with Crippen LogP contribution in [0.15, 0.2) is 16.6 Å². The van der Waals surface area contributed by atoms with Crippen LogP contribution in [0.5, 0.6) is 0 Å². The second-order valence-corrected chi connectivity index (χ2v) is 4.17. The SMILES string of the molecule is C.O=C1CCc2c1ccc(C(F)(F)F)c2Br. The molecule has 1 aromatic rings. The molecule has 0 bridgehead atoms. The molecule has 88 valence electrons. The molecular weight excluding hydrogens is 285 g/mol. The highest BCUT2D eigenvalue weighted by molar-refractivity contribution is 9.10. The van der Waals surface area contributed by atoms with Gasteiger partial charge < -0.3 is 0 Å². The zero-order chi connectivity index (χ0) is 11.2. The number of alkyl halides is 3. The van der Waals surface area contributed by atoms with Gasteiger partial charge in [0.05, 0.1) is 5.56 Å². The van der Waals surface area contributed by atoms with Gasteiger partial charge in [0.2, 0.25) is 0 Å². The lowest BCUT2D eigenvalue weighted by Gasteiger charge is -2.11. The van der Waals surface area contributed by atoms with Gasteiger partial charge in [0, 0.05) is 16.5 Å². The molecule has 0 atom stereocenters. The molecule has 0 aliphatic heterocycles.